The van der Waals surface area contributed by atoms with Gasteiger partial charge in [0.2, 0.25) is 0 Å². The van der Waals surface area contributed by atoms with E-state index in [-0.39, 0.29) is 24.8 Å². The molecule has 2 aliphatic carbocycles. The number of halogens is 2. The van der Waals surface area contributed by atoms with E-state index in [9.17, 15) is 0 Å². The van der Waals surface area contributed by atoms with Gasteiger partial charge >= 0.3 is 261 Å². The number of hydrogen-bond acceptors (Lipinski definition) is 2. The van der Waals surface area contributed by atoms with E-state index in [0.29, 0.717) is 0 Å². The predicted molar refractivity (Wildman–Crippen MR) is 179 cm³/mol. The molecule has 0 amide bonds. The van der Waals surface area contributed by atoms with Crippen LogP contribution in [0.3, 0.4) is 0 Å². The van der Waals surface area contributed by atoms with Crippen LogP contribution in [0.25, 0.3) is 11.1 Å². The first-order valence-corrected chi connectivity index (χ1v) is 21.1. The van der Waals surface area contributed by atoms with Crippen LogP contribution in [0.15, 0.2) is 113 Å². The van der Waals surface area contributed by atoms with Crippen LogP contribution in [0.1, 0.15) is 56.4 Å². The van der Waals surface area contributed by atoms with Crippen molar-refractivity contribution in [3.05, 3.63) is 135 Å². The Morgan fingerprint density at radius 2 is 1.27 bits per heavy atom. The Labute approximate surface area is 284 Å². The maximum Gasteiger partial charge on any atom is -1.00 e. The van der Waals surface area contributed by atoms with E-state index >= 15 is 0 Å². The monoisotopic (exact) mass is 788 g/mol. The van der Waals surface area contributed by atoms with Crippen molar-refractivity contribution in [2.75, 3.05) is 36.0 Å². The number of benzene rings is 4. The van der Waals surface area contributed by atoms with Gasteiger partial charge < -0.3 is 24.8 Å². The molecule has 0 radical (unpaired) electrons. The summed E-state index contributed by atoms with van der Waals surface area (Å²) >= 11 is -2.98. The van der Waals surface area contributed by atoms with Gasteiger partial charge in [-0.25, -0.2) is 0 Å². The fraction of sp³-hybridized carbons (Fsp3) is 0.256. The Bertz CT molecular complexity index is 1630. The molecule has 0 saturated carbocycles. The Kier molecular flexibility index (Phi) is 12.0. The average Bonchev–Trinajstić information content (AvgIpc) is 3.70. The first-order valence-electron chi connectivity index (χ1n) is 15.7. The third-order valence-corrected chi connectivity index (χ3v) is 20.3. The summed E-state index contributed by atoms with van der Waals surface area (Å²) in [6, 6.07) is 34.7. The molecule has 2 nitrogen and oxygen atoms in total. The van der Waals surface area contributed by atoms with Gasteiger partial charge in [-0.15, -0.1) is 0 Å². The van der Waals surface area contributed by atoms with E-state index in [4.69, 9.17) is 0 Å². The van der Waals surface area contributed by atoms with Gasteiger partial charge in [-0.3, -0.25) is 0 Å². The van der Waals surface area contributed by atoms with E-state index in [1.807, 2.05) is 0 Å². The van der Waals surface area contributed by atoms with Crippen LogP contribution in [0.5, 0.6) is 0 Å². The molecule has 44 heavy (non-hydrogen) atoms. The first kappa shape index (κ1) is 34.2. The largest absolute Gasteiger partial charge is 1.00 e. The molecule has 0 unspecified atom stereocenters. The van der Waals surface area contributed by atoms with Crippen LogP contribution in [0.2, 0.25) is 0 Å². The smallest absolute Gasteiger partial charge is 1.00 e. The fourth-order valence-corrected chi connectivity index (χ4v) is 19.1. The predicted octanol–water partition coefficient (Wildman–Crippen LogP) is 2.31. The number of allylic oxidation sites excluding steroid dienone is 4. The Morgan fingerprint density at radius 3 is 1.82 bits per heavy atom. The summed E-state index contributed by atoms with van der Waals surface area (Å²) in [4.78, 5) is 5.08. The zero-order valence-corrected chi connectivity index (χ0v) is 31.4. The zero-order chi connectivity index (χ0) is 29.1. The second-order valence-corrected chi connectivity index (χ2v) is 19.7. The maximum atomic E-state index is 2.61. The normalized spacial score (nSPS) is 12.2. The van der Waals surface area contributed by atoms with Gasteiger partial charge in [0.05, 0.1) is 0 Å². The van der Waals surface area contributed by atoms with Crippen molar-refractivity contribution in [2.45, 2.75) is 40.5 Å². The van der Waals surface area contributed by atoms with Crippen LogP contribution in [-0.2, 0) is 27.4 Å². The molecule has 0 atom stereocenters. The van der Waals surface area contributed by atoms with Gasteiger partial charge in [-0.05, 0) is 0 Å². The maximum absolute atomic E-state index is 2.98. The van der Waals surface area contributed by atoms with Gasteiger partial charge in [0.1, 0.15) is 0 Å². The van der Waals surface area contributed by atoms with Gasteiger partial charge in [-0.2, -0.15) is 0 Å². The number of rotatable bonds is 10. The summed E-state index contributed by atoms with van der Waals surface area (Å²) in [5.74, 6) is 0. The summed E-state index contributed by atoms with van der Waals surface area (Å²) in [7, 11) is 0. The van der Waals surface area contributed by atoms with Crippen molar-refractivity contribution in [2.24, 2.45) is 0 Å². The summed E-state index contributed by atoms with van der Waals surface area (Å²) in [5, 5.41) is 0. The quantitative estimate of drug-likeness (QED) is 0.201. The van der Waals surface area contributed by atoms with E-state index in [2.05, 4.69) is 147 Å². The number of anilines is 2. The van der Waals surface area contributed by atoms with E-state index in [0.717, 1.165) is 39.0 Å². The standard InChI is InChI=1S/C21H27N2.C13H10.C5H5.2ClH.Hf/c1-5-22(6-2)18-9-11-20-16(14-18)13-17-15-19(10-12-21(17)20)23(7-3)8-4;1-3-7-12(8-4-1)11-13-9-5-2-6-10-13;1-2-4-5-3-1;;;/h9-12,14H,5-8,13H2,1-4H3;1-10H;1-3H,4H2;2*1H;/q;;;;;+2/p-2. The molecule has 4 aromatic rings. The van der Waals surface area contributed by atoms with Crippen LogP contribution >= 0.6 is 0 Å². The minimum Gasteiger partial charge on any atom is -1.00 e. The third-order valence-electron chi connectivity index (χ3n) is 8.99. The van der Waals surface area contributed by atoms with Crippen molar-refractivity contribution in [3.63, 3.8) is 0 Å². The van der Waals surface area contributed by atoms with Crippen LogP contribution in [-0.4, -0.2) is 29.4 Å². The Hall–Kier alpha value is -2.72. The minimum absolute atomic E-state index is 0. The molecule has 0 spiro atoms. The summed E-state index contributed by atoms with van der Waals surface area (Å²) < 4.78 is 4.99. The minimum atomic E-state index is -2.98. The summed E-state index contributed by atoms with van der Waals surface area (Å²) in [6.45, 7) is 13.2. The van der Waals surface area contributed by atoms with E-state index < -0.39 is 21.0 Å². The zero-order valence-electron chi connectivity index (χ0n) is 26.3. The molecule has 5 heteroatoms. The van der Waals surface area contributed by atoms with E-state index in [1.54, 1.807) is 15.5 Å². The van der Waals surface area contributed by atoms with Crippen LogP contribution < -0.4 is 37.9 Å². The second kappa shape index (κ2) is 15.5. The van der Waals surface area contributed by atoms with Gasteiger partial charge in [-0.1, -0.05) is 0 Å². The molecule has 226 valence electrons. The number of nitrogens with zero attached hydrogens (tertiary/aromatic N) is 2. The third kappa shape index (κ3) is 6.48. The molecule has 0 fully saturated rings. The van der Waals surface area contributed by atoms with Crippen molar-refractivity contribution < 1.29 is 45.8 Å². The molecule has 2 aliphatic rings. The van der Waals surface area contributed by atoms with Crippen LogP contribution in [0, 0.1) is 0 Å². The van der Waals surface area contributed by atoms with Crippen molar-refractivity contribution >= 4 is 17.9 Å². The molecule has 0 aliphatic heterocycles. The molecule has 0 saturated heterocycles. The topological polar surface area (TPSA) is 6.48 Å². The average molecular weight is 788 g/mol. The Balaban J connectivity index is 0.00000221. The first-order chi connectivity index (χ1) is 20.7. The number of hydrogen-bond donors (Lipinski definition) is 0. The van der Waals surface area contributed by atoms with Gasteiger partial charge in [0.25, 0.3) is 0 Å². The SMILES string of the molecule is CCN(CC)c1ccc2c(c1)Cc1c-2ccc(N(CC)CC)[c]1[Hf+2]([C]1=CC=CC1)=[C](c1ccccc1)c1ccccc1.[Cl-].[Cl-]. The second-order valence-electron chi connectivity index (χ2n) is 11.2. The van der Waals surface area contributed by atoms with Crippen molar-refractivity contribution in [3.8, 4) is 11.1 Å². The molecular formula is C39H42Cl2HfN2. The molecule has 0 heterocycles. The molecule has 4 aromatic carbocycles. The van der Waals surface area contributed by atoms with Gasteiger partial charge in [0, 0.05) is 0 Å². The molecule has 0 bridgehead atoms. The molecule has 6 rings (SSSR count). The summed E-state index contributed by atoms with van der Waals surface area (Å²) in [5.41, 5.74) is 11.6. The molecule has 0 aromatic heterocycles. The van der Waals surface area contributed by atoms with Crippen molar-refractivity contribution in [1.82, 2.24) is 0 Å². The molecular weight excluding hydrogens is 746 g/mol. The van der Waals surface area contributed by atoms with E-state index in [1.165, 1.54) is 39.2 Å². The van der Waals surface area contributed by atoms with Crippen molar-refractivity contribution in [1.29, 1.82) is 0 Å². The summed E-state index contributed by atoms with van der Waals surface area (Å²) in [6.07, 6.45) is 9.25. The number of fused-ring (bicyclic) bond motifs is 3. The molecule has 0 N–H and O–H groups in total. The fourth-order valence-electron chi connectivity index (χ4n) is 6.89. The van der Waals surface area contributed by atoms with Gasteiger partial charge in [0.15, 0.2) is 0 Å². The Morgan fingerprint density at radius 1 is 0.682 bits per heavy atom. The van der Waals surface area contributed by atoms with Crippen LogP contribution in [0.4, 0.5) is 11.4 Å².